The van der Waals surface area contributed by atoms with Gasteiger partial charge in [-0.2, -0.15) is 0 Å². The van der Waals surface area contributed by atoms with E-state index in [1.807, 2.05) is 6.07 Å². The molecule has 2 aliphatic rings. The Morgan fingerprint density at radius 1 is 1.48 bits per heavy atom. The first-order valence-electron chi connectivity index (χ1n) is 7.82. The molecule has 2 aliphatic carbocycles. The summed E-state index contributed by atoms with van der Waals surface area (Å²) in [6.07, 6.45) is 3.56. The van der Waals surface area contributed by atoms with Crippen LogP contribution in [0.1, 0.15) is 44.7 Å². The van der Waals surface area contributed by atoms with Gasteiger partial charge in [-0.05, 0) is 41.6 Å². The number of rotatable bonds is 5. The van der Waals surface area contributed by atoms with Crippen molar-refractivity contribution in [3.8, 4) is 11.6 Å². The molecule has 0 radical (unpaired) electrons. The summed E-state index contributed by atoms with van der Waals surface area (Å²) in [5, 5.41) is 11.3. The molecule has 0 saturated heterocycles. The van der Waals surface area contributed by atoms with Crippen molar-refractivity contribution in [3.63, 3.8) is 0 Å². The predicted octanol–water partition coefficient (Wildman–Crippen LogP) is 3.47. The third kappa shape index (κ3) is 3.54. The normalized spacial score (nSPS) is 25.0. The Hall–Kier alpha value is -1.50. The van der Waals surface area contributed by atoms with Crippen LogP contribution >= 0.6 is 15.9 Å². The molecule has 126 valence electrons. The second-order valence-electron chi connectivity index (χ2n) is 6.59. The van der Waals surface area contributed by atoms with Crippen LogP contribution in [-0.2, 0) is 5.41 Å². The zero-order valence-electron chi connectivity index (χ0n) is 13.3. The maximum absolute atomic E-state index is 10.7. The number of methoxy groups -OCH3 is 1. The smallest absolute Gasteiger partial charge is 0.404 e. The molecular formula is C16H21BrN2O4. The van der Waals surface area contributed by atoms with Gasteiger partial charge in [0, 0.05) is 23.9 Å². The third-order valence-corrected chi connectivity index (χ3v) is 5.44. The number of hydrogen-bond donors (Lipinski definition) is 2. The zero-order valence-corrected chi connectivity index (χ0v) is 14.9. The van der Waals surface area contributed by atoms with Gasteiger partial charge in [-0.1, -0.05) is 6.92 Å². The van der Waals surface area contributed by atoms with Gasteiger partial charge in [0.25, 0.3) is 0 Å². The Kier molecular flexibility index (Phi) is 4.40. The van der Waals surface area contributed by atoms with E-state index >= 15 is 0 Å². The van der Waals surface area contributed by atoms with Crippen molar-refractivity contribution in [1.29, 1.82) is 0 Å². The van der Waals surface area contributed by atoms with Crippen LogP contribution in [0, 0.1) is 0 Å². The number of halogens is 1. The number of pyridine rings is 1. The molecule has 0 bridgehead atoms. The van der Waals surface area contributed by atoms with Crippen molar-refractivity contribution in [2.75, 3.05) is 7.11 Å². The molecule has 3 rings (SSSR count). The van der Waals surface area contributed by atoms with Gasteiger partial charge in [0.05, 0.1) is 12.8 Å². The molecule has 0 aliphatic heterocycles. The van der Waals surface area contributed by atoms with Crippen molar-refractivity contribution < 1.29 is 19.4 Å². The van der Waals surface area contributed by atoms with Gasteiger partial charge in [0.15, 0.2) is 0 Å². The molecule has 0 aromatic carbocycles. The predicted molar refractivity (Wildman–Crippen MR) is 88.3 cm³/mol. The fourth-order valence-corrected chi connectivity index (χ4v) is 3.45. The van der Waals surface area contributed by atoms with Crippen molar-refractivity contribution >= 4 is 22.0 Å². The lowest BCUT2D eigenvalue weighted by molar-refractivity contribution is 0.184. The van der Waals surface area contributed by atoms with Gasteiger partial charge in [0.1, 0.15) is 16.3 Å². The molecule has 6 nitrogen and oxygen atoms in total. The number of aromatic nitrogens is 1. The van der Waals surface area contributed by atoms with E-state index in [-0.39, 0.29) is 17.6 Å². The molecule has 23 heavy (non-hydrogen) atoms. The number of amides is 1. The fraction of sp³-hybridized carbons (Fsp3) is 0.625. The van der Waals surface area contributed by atoms with Crippen LogP contribution < -0.4 is 14.8 Å². The van der Waals surface area contributed by atoms with Crippen LogP contribution in [0.5, 0.6) is 11.6 Å². The standard InChI is InChI=1S/C16H21BrN2O4/c1-16(5-6-16)12-8-11(13(17)14(19-12)22-2)23-10-4-3-9(7-10)18-15(20)21/h8-10,18H,3-7H2,1-2H3,(H,20,21)/t9-,10+/m0/s1. The molecule has 1 aromatic heterocycles. The summed E-state index contributed by atoms with van der Waals surface area (Å²) in [6, 6.07) is 1.94. The molecule has 0 spiro atoms. The number of carbonyl (C=O) groups is 1. The number of hydrogen-bond acceptors (Lipinski definition) is 4. The van der Waals surface area contributed by atoms with Crippen LogP contribution in [0.4, 0.5) is 4.79 Å². The number of carboxylic acid groups (broad SMARTS) is 1. The Bertz CT molecular complexity index is 618. The lowest BCUT2D eigenvalue weighted by Gasteiger charge is -2.19. The van der Waals surface area contributed by atoms with Crippen LogP contribution in [0.2, 0.25) is 0 Å². The zero-order chi connectivity index (χ0) is 16.6. The topological polar surface area (TPSA) is 80.7 Å². The second-order valence-corrected chi connectivity index (χ2v) is 7.38. The summed E-state index contributed by atoms with van der Waals surface area (Å²) in [6.45, 7) is 2.19. The summed E-state index contributed by atoms with van der Waals surface area (Å²) in [5.74, 6) is 1.25. The minimum Gasteiger partial charge on any atom is -0.489 e. The highest BCUT2D eigenvalue weighted by molar-refractivity contribution is 9.10. The van der Waals surface area contributed by atoms with Crippen LogP contribution in [0.25, 0.3) is 0 Å². The van der Waals surface area contributed by atoms with Crippen molar-refractivity contribution in [2.24, 2.45) is 0 Å². The molecule has 2 atom stereocenters. The highest BCUT2D eigenvalue weighted by Crippen LogP contribution is 2.49. The Balaban J connectivity index is 1.76. The van der Waals surface area contributed by atoms with Crippen LogP contribution in [0.15, 0.2) is 10.5 Å². The highest BCUT2D eigenvalue weighted by atomic mass is 79.9. The Morgan fingerprint density at radius 3 is 2.83 bits per heavy atom. The number of ether oxygens (including phenoxy) is 2. The quantitative estimate of drug-likeness (QED) is 0.811. The molecule has 2 N–H and O–H groups in total. The summed E-state index contributed by atoms with van der Waals surface area (Å²) in [5.41, 5.74) is 1.11. The van der Waals surface area contributed by atoms with Gasteiger partial charge in [-0.25, -0.2) is 9.78 Å². The minimum absolute atomic E-state index is 0.00452. The molecule has 1 aromatic rings. The molecule has 2 fully saturated rings. The number of nitrogens with zero attached hydrogens (tertiary/aromatic N) is 1. The van der Waals surface area contributed by atoms with Crippen LogP contribution in [0.3, 0.4) is 0 Å². The first kappa shape index (κ1) is 16.4. The van der Waals surface area contributed by atoms with Crippen LogP contribution in [-0.4, -0.2) is 35.4 Å². The van der Waals surface area contributed by atoms with E-state index < -0.39 is 6.09 Å². The minimum atomic E-state index is -0.980. The largest absolute Gasteiger partial charge is 0.489 e. The number of nitrogens with one attached hydrogen (secondary N) is 1. The SMILES string of the molecule is COc1nc(C2(C)CC2)cc(O[C@@H]2CC[C@H](NC(=O)O)C2)c1Br. The lowest BCUT2D eigenvalue weighted by Crippen LogP contribution is -2.32. The molecule has 2 saturated carbocycles. The van der Waals surface area contributed by atoms with Gasteiger partial charge in [-0.3, -0.25) is 0 Å². The van der Waals surface area contributed by atoms with Crippen molar-refractivity contribution in [1.82, 2.24) is 10.3 Å². The van der Waals surface area contributed by atoms with Crippen molar-refractivity contribution in [3.05, 3.63) is 16.2 Å². The average Bonchev–Trinajstić information content (AvgIpc) is 3.10. The third-order valence-electron chi connectivity index (χ3n) is 4.71. The van der Waals surface area contributed by atoms with E-state index in [4.69, 9.17) is 14.6 Å². The molecule has 7 heteroatoms. The summed E-state index contributed by atoms with van der Waals surface area (Å²) in [4.78, 5) is 15.3. The molecule has 1 amide bonds. The van der Waals surface area contributed by atoms with Gasteiger partial charge < -0.3 is 19.9 Å². The van der Waals surface area contributed by atoms with Gasteiger partial charge >= 0.3 is 6.09 Å². The monoisotopic (exact) mass is 384 g/mol. The van der Waals surface area contributed by atoms with E-state index in [2.05, 4.69) is 33.2 Å². The van der Waals surface area contributed by atoms with E-state index in [0.29, 0.717) is 16.8 Å². The fourth-order valence-electron chi connectivity index (χ4n) is 2.99. The van der Waals surface area contributed by atoms with Gasteiger partial charge in [-0.15, -0.1) is 0 Å². The highest BCUT2D eigenvalue weighted by Gasteiger charge is 2.41. The summed E-state index contributed by atoms with van der Waals surface area (Å²) >= 11 is 3.50. The van der Waals surface area contributed by atoms with E-state index in [1.165, 1.54) is 0 Å². The van der Waals surface area contributed by atoms with E-state index in [1.54, 1.807) is 7.11 Å². The summed E-state index contributed by atoms with van der Waals surface area (Å²) in [7, 11) is 1.60. The Labute approximate surface area is 143 Å². The Morgan fingerprint density at radius 2 is 2.22 bits per heavy atom. The maximum Gasteiger partial charge on any atom is 0.404 e. The summed E-state index contributed by atoms with van der Waals surface area (Å²) < 4.78 is 12.2. The molecular weight excluding hydrogens is 364 g/mol. The van der Waals surface area contributed by atoms with E-state index in [0.717, 1.165) is 37.1 Å². The second kappa shape index (κ2) is 6.19. The van der Waals surface area contributed by atoms with Crippen molar-refractivity contribution in [2.45, 2.75) is 56.6 Å². The maximum atomic E-state index is 10.7. The average molecular weight is 385 g/mol. The first-order chi connectivity index (χ1) is 10.9. The van der Waals surface area contributed by atoms with Gasteiger partial charge in [0.2, 0.25) is 5.88 Å². The molecule has 0 unspecified atom stereocenters. The lowest BCUT2D eigenvalue weighted by atomic mass is 10.0. The van der Waals surface area contributed by atoms with E-state index in [9.17, 15) is 4.79 Å². The first-order valence-corrected chi connectivity index (χ1v) is 8.62. The molecule has 1 heterocycles.